The van der Waals surface area contributed by atoms with Crippen LogP contribution in [0, 0.1) is 0 Å². The maximum Gasteiger partial charge on any atom is 0.307 e. The van der Waals surface area contributed by atoms with Crippen molar-refractivity contribution in [1.82, 2.24) is 9.78 Å². The first kappa shape index (κ1) is 22.8. The molecule has 0 atom stereocenters. The smallest absolute Gasteiger partial charge is 0.307 e. The minimum Gasteiger partial charge on any atom is -0.493 e. The highest BCUT2D eigenvalue weighted by atomic mass is 35.5. The highest BCUT2D eigenvalue weighted by molar-refractivity contribution is 6.35. The molecule has 0 aliphatic rings. The van der Waals surface area contributed by atoms with Crippen LogP contribution >= 0.6 is 23.2 Å². The molecule has 1 heterocycles. The fourth-order valence-corrected chi connectivity index (χ4v) is 3.72. The molecule has 7 nitrogen and oxygen atoms in total. The lowest BCUT2D eigenvalue weighted by molar-refractivity contribution is -0.136. The van der Waals surface area contributed by atoms with Crippen LogP contribution in [-0.2, 0) is 24.2 Å². The van der Waals surface area contributed by atoms with Crippen LogP contribution in [0.3, 0.4) is 0 Å². The third-order valence-corrected chi connectivity index (χ3v) is 5.27. The highest BCUT2D eigenvalue weighted by Gasteiger charge is 2.14. The fraction of sp³-hybridized carbons (Fsp3) is 0.273. The number of aryl methyl sites for hydroxylation is 1. The lowest BCUT2D eigenvalue weighted by Gasteiger charge is -2.14. The molecule has 3 rings (SSSR count). The van der Waals surface area contributed by atoms with Crippen LogP contribution < -0.4 is 15.0 Å². The van der Waals surface area contributed by atoms with Crippen molar-refractivity contribution in [2.75, 3.05) is 13.7 Å². The summed E-state index contributed by atoms with van der Waals surface area (Å²) >= 11 is 12.2. The number of H-pyrrole nitrogens is 1. The maximum atomic E-state index is 11.9. The van der Waals surface area contributed by atoms with Crippen LogP contribution in [-0.4, -0.2) is 34.6 Å². The summed E-state index contributed by atoms with van der Waals surface area (Å²) in [6, 6.07) is 11.9. The normalized spacial score (nSPS) is 10.8. The van der Waals surface area contributed by atoms with Gasteiger partial charge in [-0.2, -0.15) is 0 Å². The van der Waals surface area contributed by atoms with E-state index in [-0.39, 0.29) is 12.0 Å². The predicted octanol–water partition coefficient (Wildman–Crippen LogP) is 4.18. The van der Waals surface area contributed by atoms with Gasteiger partial charge in [-0.25, -0.2) is 0 Å². The molecule has 2 N–H and O–H groups in total. The van der Waals surface area contributed by atoms with Crippen molar-refractivity contribution < 1.29 is 19.4 Å². The Hall–Kier alpha value is -2.90. The minimum absolute atomic E-state index is 0.161. The fourth-order valence-electron chi connectivity index (χ4n) is 3.25. The average Bonchev–Trinajstić information content (AvgIpc) is 3.06. The van der Waals surface area contributed by atoms with Gasteiger partial charge in [0.2, 0.25) is 0 Å². The largest absolute Gasteiger partial charge is 0.493 e. The molecule has 0 aliphatic carbocycles. The summed E-state index contributed by atoms with van der Waals surface area (Å²) in [6.07, 6.45) is 1.02. The predicted molar refractivity (Wildman–Crippen MR) is 119 cm³/mol. The Labute approximate surface area is 189 Å². The molecule has 0 saturated carbocycles. The number of nitrogens with one attached hydrogen (secondary N) is 1. The Balaban J connectivity index is 1.66. The van der Waals surface area contributed by atoms with Gasteiger partial charge in [-0.15, -0.1) is 0 Å². The molecule has 0 radical (unpaired) electrons. The number of carbonyl (C=O) groups is 1. The van der Waals surface area contributed by atoms with E-state index in [0.29, 0.717) is 53.1 Å². The van der Waals surface area contributed by atoms with Crippen LogP contribution in [0.25, 0.3) is 0 Å². The van der Waals surface area contributed by atoms with E-state index in [2.05, 4.69) is 5.10 Å². The lowest BCUT2D eigenvalue weighted by Crippen LogP contribution is -2.11. The zero-order chi connectivity index (χ0) is 22.4. The van der Waals surface area contributed by atoms with Crippen LogP contribution in [0.1, 0.15) is 23.2 Å². The molecule has 0 amide bonds. The zero-order valence-corrected chi connectivity index (χ0v) is 18.4. The molecule has 0 aliphatic heterocycles. The van der Waals surface area contributed by atoms with Crippen LogP contribution in [0.15, 0.2) is 47.3 Å². The molecule has 0 fully saturated rings. The van der Waals surface area contributed by atoms with Gasteiger partial charge in [0, 0.05) is 27.4 Å². The van der Waals surface area contributed by atoms with Gasteiger partial charge < -0.3 is 14.6 Å². The summed E-state index contributed by atoms with van der Waals surface area (Å²) in [5, 5.41) is 13.0. The first-order chi connectivity index (χ1) is 14.9. The van der Waals surface area contributed by atoms with Crippen molar-refractivity contribution in [3.8, 4) is 11.5 Å². The van der Waals surface area contributed by atoms with Crippen molar-refractivity contribution in [2.45, 2.75) is 25.8 Å². The second-order valence-corrected chi connectivity index (χ2v) is 7.75. The molecule has 1 aromatic heterocycles. The van der Waals surface area contributed by atoms with Gasteiger partial charge >= 0.3 is 5.97 Å². The topological polar surface area (TPSA) is 93.6 Å². The molecule has 31 heavy (non-hydrogen) atoms. The summed E-state index contributed by atoms with van der Waals surface area (Å²) in [6.45, 7) is 0.734. The number of hydrogen-bond acceptors (Lipinski definition) is 4. The van der Waals surface area contributed by atoms with Gasteiger partial charge in [-0.05, 0) is 36.6 Å². The SMILES string of the molecule is COc1cccc(CC(=O)O)c1OCCCc1cc(=O)[nH]n1Cc1ccc(Cl)cc1Cl. The molecule has 0 bridgehead atoms. The van der Waals surface area contributed by atoms with Gasteiger partial charge in [0.25, 0.3) is 5.56 Å². The standard InChI is InChI=1S/C22H22Cl2N2O5/c1-30-19-6-2-4-14(10-21(28)29)22(19)31-9-3-5-17-12-20(27)25-26(17)13-15-7-8-16(23)11-18(15)24/h2,4,6-8,11-12H,3,5,9-10,13H2,1H3,(H,25,27)(H,28,29). The van der Waals surface area contributed by atoms with Gasteiger partial charge in [0.15, 0.2) is 11.5 Å². The molecule has 0 spiro atoms. The number of aromatic amines is 1. The Morgan fingerprint density at radius 1 is 1.16 bits per heavy atom. The Kier molecular flexibility index (Phi) is 7.65. The molecule has 0 unspecified atom stereocenters. The number of para-hydroxylation sites is 1. The van der Waals surface area contributed by atoms with E-state index in [9.17, 15) is 9.59 Å². The van der Waals surface area contributed by atoms with Crippen molar-refractivity contribution >= 4 is 29.2 Å². The average molecular weight is 465 g/mol. The summed E-state index contributed by atoms with van der Waals surface area (Å²) in [5.41, 5.74) is 1.99. The first-order valence-electron chi connectivity index (χ1n) is 9.60. The Morgan fingerprint density at radius 3 is 2.68 bits per heavy atom. The number of hydrogen-bond donors (Lipinski definition) is 2. The number of halogens is 2. The van der Waals surface area contributed by atoms with Crippen molar-refractivity contribution in [3.05, 3.63) is 79.7 Å². The molecular weight excluding hydrogens is 443 g/mol. The van der Waals surface area contributed by atoms with Gasteiger partial charge in [-0.1, -0.05) is 41.4 Å². The zero-order valence-electron chi connectivity index (χ0n) is 16.9. The van der Waals surface area contributed by atoms with E-state index in [1.54, 1.807) is 41.1 Å². The molecule has 0 saturated heterocycles. The second kappa shape index (κ2) is 10.4. The quantitative estimate of drug-likeness (QED) is 0.439. The number of carboxylic acids is 1. The van der Waals surface area contributed by atoms with E-state index in [1.165, 1.54) is 7.11 Å². The van der Waals surface area contributed by atoms with E-state index >= 15 is 0 Å². The molecular formula is C22H22Cl2N2O5. The lowest BCUT2D eigenvalue weighted by atomic mass is 10.1. The van der Waals surface area contributed by atoms with E-state index in [1.807, 2.05) is 6.07 Å². The maximum absolute atomic E-state index is 11.9. The number of methoxy groups -OCH3 is 1. The molecule has 164 valence electrons. The second-order valence-electron chi connectivity index (χ2n) is 6.90. The number of carboxylic acid groups (broad SMARTS) is 1. The number of aromatic nitrogens is 2. The van der Waals surface area contributed by atoms with Crippen LogP contribution in [0.4, 0.5) is 0 Å². The number of aliphatic carboxylic acids is 1. The van der Waals surface area contributed by atoms with E-state index < -0.39 is 5.97 Å². The van der Waals surface area contributed by atoms with Gasteiger partial charge in [0.1, 0.15) is 0 Å². The van der Waals surface area contributed by atoms with Crippen molar-refractivity contribution in [2.24, 2.45) is 0 Å². The number of rotatable bonds is 10. The van der Waals surface area contributed by atoms with Crippen molar-refractivity contribution in [1.29, 1.82) is 0 Å². The number of nitrogens with zero attached hydrogens (tertiary/aromatic N) is 1. The molecule has 9 heteroatoms. The van der Waals surface area contributed by atoms with Crippen molar-refractivity contribution in [3.63, 3.8) is 0 Å². The third-order valence-electron chi connectivity index (χ3n) is 4.68. The van der Waals surface area contributed by atoms with Gasteiger partial charge in [-0.3, -0.25) is 19.4 Å². The minimum atomic E-state index is -0.949. The summed E-state index contributed by atoms with van der Waals surface area (Å²) in [4.78, 5) is 23.0. The molecule has 3 aromatic rings. The van der Waals surface area contributed by atoms with Gasteiger partial charge in [0.05, 0.1) is 26.7 Å². The first-order valence-corrected chi connectivity index (χ1v) is 10.4. The van der Waals surface area contributed by atoms with Crippen LogP contribution in [0.5, 0.6) is 11.5 Å². The van der Waals surface area contributed by atoms with E-state index in [0.717, 1.165) is 11.3 Å². The Bertz CT molecular complexity index is 1120. The third kappa shape index (κ3) is 6.06. The number of ether oxygens (including phenoxy) is 2. The summed E-state index contributed by atoms with van der Waals surface area (Å²) in [7, 11) is 1.51. The number of benzene rings is 2. The highest BCUT2D eigenvalue weighted by Crippen LogP contribution is 2.31. The summed E-state index contributed by atoms with van der Waals surface area (Å²) in [5.74, 6) is -0.0446. The molecule has 2 aromatic carbocycles. The Morgan fingerprint density at radius 2 is 1.97 bits per heavy atom. The van der Waals surface area contributed by atoms with Crippen LogP contribution in [0.2, 0.25) is 10.0 Å². The summed E-state index contributed by atoms with van der Waals surface area (Å²) < 4.78 is 12.9. The monoisotopic (exact) mass is 464 g/mol. The van der Waals surface area contributed by atoms with E-state index in [4.69, 9.17) is 37.8 Å².